The second-order valence-electron chi connectivity index (χ2n) is 7.25. The maximum absolute atomic E-state index is 13.2. The Bertz CT molecular complexity index is 1500. The molecule has 0 saturated heterocycles. The molecule has 4 rings (SSSR count). The number of nitrogens with one attached hydrogen (secondary N) is 1. The molecule has 0 unspecified atom stereocenters. The summed E-state index contributed by atoms with van der Waals surface area (Å²) in [6, 6.07) is 12.3. The van der Waals surface area contributed by atoms with Crippen molar-refractivity contribution in [2.45, 2.75) is 25.7 Å². The predicted molar refractivity (Wildman–Crippen MR) is 117 cm³/mol. The van der Waals surface area contributed by atoms with Crippen molar-refractivity contribution in [3.05, 3.63) is 75.5 Å². The summed E-state index contributed by atoms with van der Waals surface area (Å²) in [6.45, 7) is 4.66. The third-order valence-electron chi connectivity index (χ3n) is 5.14. The van der Waals surface area contributed by atoms with Crippen LogP contribution in [0.25, 0.3) is 21.7 Å². The largest absolute Gasteiger partial charge is 0.460 e. The van der Waals surface area contributed by atoms with Crippen molar-refractivity contribution >= 4 is 48.9 Å². The van der Waals surface area contributed by atoms with Crippen molar-refractivity contribution in [2.24, 2.45) is 0 Å². The van der Waals surface area contributed by atoms with Crippen molar-refractivity contribution in [3.63, 3.8) is 0 Å². The fourth-order valence-electron chi connectivity index (χ4n) is 3.75. The molecule has 31 heavy (non-hydrogen) atoms. The number of ketones is 1. The van der Waals surface area contributed by atoms with E-state index in [1.54, 1.807) is 44.2 Å². The normalized spacial score (nSPS) is 11.7. The number of anilines is 1. The molecule has 0 atom stereocenters. The average molecular weight is 438 g/mol. The Hall–Kier alpha value is -3.72. The average Bonchev–Trinajstić information content (AvgIpc) is 3.04. The maximum Gasteiger partial charge on any atom is 0.270 e. The zero-order chi connectivity index (χ0) is 22.5. The van der Waals surface area contributed by atoms with Crippen LogP contribution in [-0.2, 0) is 10.0 Å². The molecular weight excluding hydrogens is 420 g/mol. The lowest BCUT2D eigenvalue weighted by Gasteiger charge is -2.13. The summed E-state index contributed by atoms with van der Waals surface area (Å²) >= 11 is 0. The summed E-state index contributed by atoms with van der Waals surface area (Å²) in [4.78, 5) is 22.5. The van der Waals surface area contributed by atoms with Crippen molar-refractivity contribution in [1.82, 2.24) is 0 Å². The second-order valence-corrected chi connectivity index (χ2v) is 8.90. The first-order valence-electron chi connectivity index (χ1n) is 9.34. The summed E-state index contributed by atoms with van der Waals surface area (Å²) in [5.74, 6) is 0.247. The molecule has 9 heteroatoms. The standard InChI is InChI=1S/C22H18N2O6S/c1-12-8-9-15(24(26)27)10-20(12)31(28,29)23-19-11-18-21(13(2)25)14(3)30-22(18)17-7-5-4-6-16(17)19/h4-11,23H,1-3H3. The van der Waals surface area contributed by atoms with Crippen LogP contribution >= 0.6 is 0 Å². The van der Waals surface area contributed by atoms with Crippen LogP contribution in [0, 0.1) is 24.0 Å². The Morgan fingerprint density at radius 1 is 1.03 bits per heavy atom. The van der Waals surface area contributed by atoms with E-state index in [9.17, 15) is 23.3 Å². The number of sulfonamides is 1. The van der Waals surface area contributed by atoms with Gasteiger partial charge in [0.15, 0.2) is 5.78 Å². The molecule has 0 fully saturated rings. The van der Waals surface area contributed by atoms with E-state index in [0.29, 0.717) is 38.6 Å². The molecule has 1 N–H and O–H groups in total. The number of furan rings is 1. The minimum absolute atomic E-state index is 0.193. The van der Waals surface area contributed by atoms with Crippen LogP contribution in [0.2, 0.25) is 0 Å². The van der Waals surface area contributed by atoms with Gasteiger partial charge in [-0.1, -0.05) is 30.3 Å². The van der Waals surface area contributed by atoms with Crippen LogP contribution in [0.15, 0.2) is 57.8 Å². The van der Waals surface area contributed by atoms with Gasteiger partial charge in [0.05, 0.1) is 21.1 Å². The summed E-state index contributed by atoms with van der Waals surface area (Å²) < 4.78 is 34.7. The van der Waals surface area contributed by atoms with Gasteiger partial charge in [-0.25, -0.2) is 8.42 Å². The van der Waals surface area contributed by atoms with E-state index in [1.165, 1.54) is 19.1 Å². The number of carbonyl (C=O) groups is 1. The van der Waals surface area contributed by atoms with Gasteiger partial charge in [0.1, 0.15) is 11.3 Å². The Labute approximate surface area is 177 Å². The quantitative estimate of drug-likeness (QED) is 0.262. The number of nitrogens with zero attached hydrogens (tertiary/aromatic N) is 1. The zero-order valence-corrected chi connectivity index (χ0v) is 17.7. The SMILES string of the molecule is CC(=O)c1c(C)oc2c1cc(NS(=O)(=O)c1cc([N+](=O)[O-])ccc1C)c1ccccc12. The Kier molecular flexibility index (Phi) is 4.78. The number of fused-ring (bicyclic) bond motifs is 3. The zero-order valence-electron chi connectivity index (χ0n) is 16.9. The van der Waals surface area contributed by atoms with Crippen LogP contribution in [0.4, 0.5) is 11.4 Å². The summed E-state index contributed by atoms with van der Waals surface area (Å²) in [6.07, 6.45) is 0. The van der Waals surface area contributed by atoms with Gasteiger partial charge in [-0.15, -0.1) is 0 Å². The minimum atomic E-state index is -4.16. The van der Waals surface area contributed by atoms with Crippen molar-refractivity contribution < 1.29 is 22.6 Å². The number of nitro groups is 1. The fourth-order valence-corrected chi connectivity index (χ4v) is 5.09. The highest BCUT2D eigenvalue weighted by Gasteiger charge is 2.24. The van der Waals surface area contributed by atoms with Gasteiger partial charge in [-0.3, -0.25) is 19.6 Å². The molecule has 0 aliphatic rings. The fraction of sp³-hybridized carbons (Fsp3) is 0.136. The number of aryl methyl sites for hydroxylation is 2. The molecule has 0 amide bonds. The lowest BCUT2D eigenvalue weighted by Crippen LogP contribution is -2.15. The maximum atomic E-state index is 13.2. The number of hydrogen-bond acceptors (Lipinski definition) is 6. The molecule has 0 radical (unpaired) electrons. The molecular formula is C22H18N2O6S. The third-order valence-corrected chi connectivity index (χ3v) is 6.65. The third kappa shape index (κ3) is 3.42. The molecule has 0 bridgehead atoms. The molecule has 0 saturated carbocycles. The molecule has 0 spiro atoms. The Morgan fingerprint density at radius 2 is 1.71 bits per heavy atom. The van der Waals surface area contributed by atoms with Crippen LogP contribution in [0.1, 0.15) is 28.6 Å². The van der Waals surface area contributed by atoms with E-state index in [2.05, 4.69) is 4.72 Å². The number of carbonyl (C=O) groups excluding carboxylic acids is 1. The predicted octanol–water partition coefficient (Wildman–Crippen LogP) is 5.11. The van der Waals surface area contributed by atoms with E-state index >= 15 is 0 Å². The van der Waals surface area contributed by atoms with Gasteiger partial charge in [0.25, 0.3) is 15.7 Å². The van der Waals surface area contributed by atoms with Crippen LogP contribution in [-0.4, -0.2) is 19.1 Å². The summed E-state index contributed by atoms with van der Waals surface area (Å²) in [7, 11) is -4.16. The van der Waals surface area contributed by atoms with Crippen LogP contribution in [0.3, 0.4) is 0 Å². The highest BCUT2D eigenvalue weighted by molar-refractivity contribution is 7.92. The molecule has 0 aliphatic heterocycles. The van der Waals surface area contributed by atoms with Crippen molar-refractivity contribution in [1.29, 1.82) is 0 Å². The van der Waals surface area contributed by atoms with Gasteiger partial charge < -0.3 is 4.42 Å². The Balaban J connectivity index is 1.96. The van der Waals surface area contributed by atoms with E-state index in [0.717, 1.165) is 6.07 Å². The first kappa shape index (κ1) is 20.5. The van der Waals surface area contributed by atoms with Gasteiger partial charge in [0.2, 0.25) is 0 Å². The van der Waals surface area contributed by atoms with Crippen LogP contribution in [0.5, 0.6) is 0 Å². The van der Waals surface area contributed by atoms with Gasteiger partial charge in [-0.05, 0) is 32.4 Å². The second kappa shape index (κ2) is 7.21. The lowest BCUT2D eigenvalue weighted by atomic mass is 10.0. The van der Waals surface area contributed by atoms with Crippen molar-refractivity contribution in [2.75, 3.05) is 4.72 Å². The topological polar surface area (TPSA) is 120 Å². The number of nitro benzene ring substituents is 1. The number of benzene rings is 3. The monoisotopic (exact) mass is 438 g/mol. The number of non-ortho nitro benzene ring substituents is 1. The first-order valence-corrected chi connectivity index (χ1v) is 10.8. The van der Waals surface area contributed by atoms with Gasteiger partial charge >= 0.3 is 0 Å². The summed E-state index contributed by atoms with van der Waals surface area (Å²) in [5.41, 5.74) is 1.17. The van der Waals surface area contributed by atoms with E-state index in [4.69, 9.17) is 4.42 Å². The number of hydrogen-bond donors (Lipinski definition) is 1. The van der Waals surface area contributed by atoms with Crippen LogP contribution < -0.4 is 4.72 Å². The highest BCUT2D eigenvalue weighted by Crippen LogP contribution is 2.38. The minimum Gasteiger partial charge on any atom is -0.460 e. The highest BCUT2D eigenvalue weighted by atomic mass is 32.2. The lowest BCUT2D eigenvalue weighted by molar-refractivity contribution is -0.385. The molecule has 0 aliphatic carbocycles. The Morgan fingerprint density at radius 3 is 2.35 bits per heavy atom. The van der Waals surface area contributed by atoms with E-state index in [1.807, 2.05) is 0 Å². The number of Topliss-reactive ketones (excluding diaryl/α,β-unsaturated/α-hetero) is 1. The number of rotatable bonds is 5. The van der Waals surface area contributed by atoms with E-state index < -0.39 is 14.9 Å². The van der Waals surface area contributed by atoms with Gasteiger partial charge in [-0.2, -0.15) is 0 Å². The molecule has 1 aromatic heterocycles. The molecule has 158 valence electrons. The molecule has 4 aromatic rings. The summed E-state index contributed by atoms with van der Waals surface area (Å²) in [5, 5.41) is 12.8. The van der Waals surface area contributed by atoms with Crippen molar-refractivity contribution in [3.8, 4) is 0 Å². The molecule has 8 nitrogen and oxygen atoms in total. The first-order chi connectivity index (χ1) is 14.6. The van der Waals surface area contributed by atoms with E-state index in [-0.39, 0.29) is 22.1 Å². The molecule has 1 heterocycles. The van der Waals surface area contributed by atoms with Gasteiger partial charge in [0, 0.05) is 28.3 Å². The smallest absolute Gasteiger partial charge is 0.270 e. The molecule has 3 aromatic carbocycles.